The molecule has 76 valence electrons. The monoisotopic (exact) mass is 192 g/mol. The van der Waals surface area contributed by atoms with Crippen LogP contribution in [0, 0.1) is 5.92 Å². The molecule has 3 nitrogen and oxygen atoms in total. The first-order chi connectivity index (χ1) is 6.66. The van der Waals surface area contributed by atoms with E-state index in [0.717, 1.165) is 5.69 Å². The quantitative estimate of drug-likeness (QED) is 0.783. The Morgan fingerprint density at radius 2 is 2.00 bits per heavy atom. The molecular formula is C11H16N2O. The largest absolute Gasteiger partial charge is 0.330 e. The maximum atomic E-state index is 11.7. The third-order valence-corrected chi connectivity index (χ3v) is 2.25. The van der Waals surface area contributed by atoms with Crippen LogP contribution in [-0.2, 0) is 4.79 Å². The van der Waals surface area contributed by atoms with E-state index in [4.69, 9.17) is 5.73 Å². The first-order valence-corrected chi connectivity index (χ1v) is 4.69. The Bertz CT molecular complexity index is 297. The van der Waals surface area contributed by atoms with Crippen molar-refractivity contribution in [1.82, 2.24) is 0 Å². The van der Waals surface area contributed by atoms with Gasteiger partial charge in [-0.2, -0.15) is 0 Å². The third kappa shape index (κ3) is 2.33. The highest BCUT2D eigenvalue weighted by atomic mass is 16.2. The second kappa shape index (κ2) is 4.77. The summed E-state index contributed by atoms with van der Waals surface area (Å²) in [4.78, 5) is 13.4. The van der Waals surface area contributed by atoms with Crippen LogP contribution in [0.1, 0.15) is 6.92 Å². The first-order valence-electron chi connectivity index (χ1n) is 4.69. The van der Waals surface area contributed by atoms with Crippen LogP contribution in [0.5, 0.6) is 0 Å². The van der Waals surface area contributed by atoms with Crippen LogP contribution in [0.3, 0.4) is 0 Å². The number of para-hydroxylation sites is 1. The molecule has 14 heavy (non-hydrogen) atoms. The van der Waals surface area contributed by atoms with Crippen molar-refractivity contribution in [3.05, 3.63) is 30.3 Å². The van der Waals surface area contributed by atoms with Crippen LogP contribution in [-0.4, -0.2) is 19.5 Å². The van der Waals surface area contributed by atoms with Gasteiger partial charge in [0.05, 0.1) is 0 Å². The number of nitrogens with two attached hydrogens (primary N) is 1. The van der Waals surface area contributed by atoms with Crippen molar-refractivity contribution in [3.8, 4) is 0 Å². The van der Waals surface area contributed by atoms with Gasteiger partial charge in [-0.25, -0.2) is 0 Å². The molecule has 0 aliphatic carbocycles. The molecule has 0 saturated heterocycles. The average Bonchev–Trinajstić information content (AvgIpc) is 2.27. The normalized spacial score (nSPS) is 12.2. The molecule has 0 spiro atoms. The molecule has 0 aliphatic heterocycles. The SMILES string of the molecule is CC(CN)C(=O)N(C)c1ccccc1. The molecule has 0 bridgehead atoms. The molecule has 0 heterocycles. The minimum absolute atomic E-state index is 0.0544. The molecule has 0 aliphatic rings. The maximum Gasteiger partial charge on any atom is 0.230 e. The van der Waals surface area contributed by atoms with Gasteiger partial charge < -0.3 is 10.6 Å². The highest BCUT2D eigenvalue weighted by Crippen LogP contribution is 2.13. The van der Waals surface area contributed by atoms with Gasteiger partial charge in [0.1, 0.15) is 0 Å². The van der Waals surface area contributed by atoms with E-state index in [0.29, 0.717) is 6.54 Å². The predicted molar refractivity (Wildman–Crippen MR) is 58.1 cm³/mol. The molecule has 1 atom stereocenters. The Balaban J connectivity index is 2.76. The van der Waals surface area contributed by atoms with Gasteiger partial charge in [-0.1, -0.05) is 25.1 Å². The van der Waals surface area contributed by atoms with E-state index < -0.39 is 0 Å². The van der Waals surface area contributed by atoms with Crippen LogP contribution < -0.4 is 10.6 Å². The molecule has 1 aromatic rings. The zero-order chi connectivity index (χ0) is 10.6. The van der Waals surface area contributed by atoms with Gasteiger partial charge in [0.2, 0.25) is 5.91 Å². The van der Waals surface area contributed by atoms with Crippen molar-refractivity contribution in [3.63, 3.8) is 0 Å². The summed E-state index contributed by atoms with van der Waals surface area (Å²) in [5.74, 6) is -0.0705. The summed E-state index contributed by atoms with van der Waals surface area (Å²) in [6, 6.07) is 9.55. The van der Waals surface area contributed by atoms with Crippen LogP contribution in [0.25, 0.3) is 0 Å². The number of amides is 1. The molecule has 0 radical (unpaired) electrons. The number of benzene rings is 1. The number of carbonyl (C=O) groups excluding carboxylic acids is 1. The van der Waals surface area contributed by atoms with E-state index in [1.54, 1.807) is 11.9 Å². The lowest BCUT2D eigenvalue weighted by atomic mass is 10.1. The lowest BCUT2D eigenvalue weighted by Gasteiger charge is -2.20. The Morgan fingerprint density at radius 1 is 1.43 bits per heavy atom. The smallest absolute Gasteiger partial charge is 0.230 e. The van der Waals surface area contributed by atoms with E-state index in [1.807, 2.05) is 37.3 Å². The van der Waals surface area contributed by atoms with Crippen LogP contribution in [0.4, 0.5) is 5.69 Å². The minimum atomic E-state index is -0.125. The number of rotatable bonds is 3. The predicted octanol–water partition coefficient (Wildman–Crippen LogP) is 1.24. The summed E-state index contributed by atoms with van der Waals surface area (Å²) < 4.78 is 0. The second-order valence-corrected chi connectivity index (χ2v) is 3.37. The second-order valence-electron chi connectivity index (χ2n) is 3.37. The molecule has 2 N–H and O–H groups in total. The molecule has 1 amide bonds. The van der Waals surface area contributed by atoms with E-state index in [9.17, 15) is 4.79 Å². The van der Waals surface area contributed by atoms with Gasteiger partial charge in [0, 0.05) is 25.2 Å². The lowest BCUT2D eigenvalue weighted by Crippen LogP contribution is -2.34. The Hall–Kier alpha value is -1.35. The van der Waals surface area contributed by atoms with Gasteiger partial charge in [-0.3, -0.25) is 4.79 Å². The summed E-state index contributed by atoms with van der Waals surface area (Å²) in [5, 5.41) is 0. The molecule has 0 aromatic heterocycles. The van der Waals surface area contributed by atoms with Crippen molar-refractivity contribution in [2.24, 2.45) is 11.7 Å². The molecular weight excluding hydrogens is 176 g/mol. The molecule has 3 heteroatoms. The minimum Gasteiger partial charge on any atom is -0.330 e. The average molecular weight is 192 g/mol. The fraction of sp³-hybridized carbons (Fsp3) is 0.364. The summed E-state index contributed by atoms with van der Waals surface area (Å²) >= 11 is 0. The van der Waals surface area contributed by atoms with Crippen molar-refractivity contribution in [2.45, 2.75) is 6.92 Å². The van der Waals surface area contributed by atoms with E-state index in [-0.39, 0.29) is 11.8 Å². The first kappa shape index (κ1) is 10.7. The van der Waals surface area contributed by atoms with E-state index in [1.165, 1.54) is 0 Å². The lowest BCUT2D eigenvalue weighted by molar-refractivity contribution is -0.121. The fourth-order valence-corrected chi connectivity index (χ4v) is 1.21. The topological polar surface area (TPSA) is 46.3 Å². The number of hydrogen-bond acceptors (Lipinski definition) is 2. The summed E-state index contributed by atoms with van der Waals surface area (Å²) in [6.07, 6.45) is 0. The molecule has 1 unspecified atom stereocenters. The number of carbonyl (C=O) groups is 1. The van der Waals surface area contributed by atoms with Gasteiger partial charge >= 0.3 is 0 Å². The molecule has 1 aromatic carbocycles. The Labute approximate surface area is 84.5 Å². The third-order valence-electron chi connectivity index (χ3n) is 2.25. The summed E-state index contributed by atoms with van der Waals surface area (Å²) in [6.45, 7) is 2.22. The summed E-state index contributed by atoms with van der Waals surface area (Å²) in [5.41, 5.74) is 6.34. The zero-order valence-electron chi connectivity index (χ0n) is 8.60. The van der Waals surface area contributed by atoms with Crippen LogP contribution in [0.15, 0.2) is 30.3 Å². The number of anilines is 1. The highest BCUT2D eigenvalue weighted by molar-refractivity contribution is 5.94. The van der Waals surface area contributed by atoms with Crippen LogP contribution >= 0.6 is 0 Å². The Kier molecular flexibility index (Phi) is 3.65. The number of hydrogen-bond donors (Lipinski definition) is 1. The zero-order valence-corrected chi connectivity index (χ0v) is 8.60. The van der Waals surface area contributed by atoms with Gasteiger partial charge in [0.15, 0.2) is 0 Å². The number of nitrogens with zero attached hydrogens (tertiary/aromatic N) is 1. The molecule has 0 fully saturated rings. The van der Waals surface area contributed by atoms with E-state index in [2.05, 4.69) is 0 Å². The van der Waals surface area contributed by atoms with Crippen LogP contribution in [0.2, 0.25) is 0 Å². The highest BCUT2D eigenvalue weighted by Gasteiger charge is 2.16. The molecule has 1 rings (SSSR count). The molecule has 0 saturated carbocycles. The van der Waals surface area contributed by atoms with E-state index >= 15 is 0 Å². The van der Waals surface area contributed by atoms with Crippen molar-refractivity contribution >= 4 is 11.6 Å². The van der Waals surface area contributed by atoms with Gasteiger partial charge in [-0.05, 0) is 12.1 Å². The fourth-order valence-electron chi connectivity index (χ4n) is 1.21. The van der Waals surface area contributed by atoms with Gasteiger partial charge in [0.25, 0.3) is 0 Å². The summed E-state index contributed by atoms with van der Waals surface area (Å²) in [7, 11) is 1.77. The van der Waals surface area contributed by atoms with Gasteiger partial charge in [-0.15, -0.1) is 0 Å². The van der Waals surface area contributed by atoms with Crippen molar-refractivity contribution in [1.29, 1.82) is 0 Å². The maximum absolute atomic E-state index is 11.7. The Morgan fingerprint density at radius 3 is 2.50 bits per heavy atom. The standard InChI is InChI=1S/C11H16N2O/c1-9(8-12)11(14)13(2)10-6-4-3-5-7-10/h3-7,9H,8,12H2,1-2H3. The van der Waals surface area contributed by atoms with Crippen molar-refractivity contribution in [2.75, 3.05) is 18.5 Å². The van der Waals surface area contributed by atoms with Crippen molar-refractivity contribution < 1.29 is 4.79 Å².